The standard InChI is InChI=1S/C10H17F2N.CH4/c1-3-8(2)9-5-4-6-13(9)7-10(11)12;/h3,9-10H,4-7H2,1-2H3;1H4/t9-;/m0./s1. The summed E-state index contributed by atoms with van der Waals surface area (Å²) in [4.78, 5) is 1.89. The molecule has 1 fully saturated rings. The number of likely N-dealkylation sites (tertiary alicyclic amines) is 1. The quantitative estimate of drug-likeness (QED) is 0.639. The lowest BCUT2D eigenvalue weighted by Crippen LogP contribution is -2.34. The van der Waals surface area contributed by atoms with E-state index in [-0.39, 0.29) is 20.0 Å². The Kier molecular flexibility index (Phi) is 5.93. The van der Waals surface area contributed by atoms with Crippen LogP contribution in [0.25, 0.3) is 0 Å². The third-order valence-corrected chi connectivity index (χ3v) is 2.72. The second-order valence-corrected chi connectivity index (χ2v) is 3.58. The van der Waals surface area contributed by atoms with Crippen molar-refractivity contribution in [1.29, 1.82) is 0 Å². The van der Waals surface area contributed by atoms with Crippen LogP contribution < -0.4 is 0 Å². The normalized spacial score (nSPS) is 24.1. The lowest BCUT2D eigenvalue weighted by atomic mass is 10.1. The van der Waals surface area contributed by atoms with Gasteiger partial charge < -0.3 is 0 Å². The van der Waals surface area contributed by atoms with E-state index in [1.165, 1.54) is 5.57 Å². The number of halogens is 2. The summed E-state index contributed by atoms with van der Waals surface area (Å²) in [5.74, 6) is 0. The van der Waals surface area contributed by atoms with Gasteiger partial charge in [-0.2, -0.15) is 0 Å². The van der Waals surface area contributed by atoms with E-state index in [0.29, 0.717) is 0 Å². The van der Waals surface area contributed by atoms with E-state index in [2.05, 4.69) is 0 Å². The minimum atomic E-state index is -2.20. The Hall–Kier alpha value is -0.440. The minimum absolute atomic E-state index is 0. The molecule has 1 rings (SSSR count). The number of alkyl halides is 2. The first-order chi connectivity index (χ1) is 6.15. The first-order valence-electron chi connectivity index (χ1n) is 4.80. The molecular weight excluding hydrogens is 184 g/mol. The van der Waals surface area contributed by atoms with Gasteiger partial charge in [0.05, 0.1) is 6.54 Å². The number of nitrogens with zero attached hydrogens (tertiary/aromatic N) is 1. The van der Waals surface area contributed by atoms with Crippen LogP contribution in [0.4, 0.5) is 8.78 Å². The largest absolute Gasteiger partial charge is 0.291 e. The molecule has 1 heterocycles. The molecule has 0 aromatic carbocycles. The summed E-state index contributed by atoms with van der Waals surface area (Å²) in [5, 5.41) is 0. The van der Waals surface area contributed by atoms with Gasteiger partial charge in [0.1, 0.15) is 0 Å². The van der Waals surface area contributed by atoms with Crippen LogP contribution in [0.2, 0.25) is 0 Å². The first kappa shape index (κ1) is 13.6. The zero-order valence-corrected chi connectivity index (χ0v) is 8.26. The average Bonchev–Trinajstić information content (AvgIpc) is 2.50. The third-order valence-electron chi connectivity index (χ3n) is 2.72. The van der Waals surface area contributed by atoms with Crippen molar-refractivity contribution in [3.05, 3.63) is 11.6 Å². The van der Waals surface area contributed by atoms with Gasteiger partial charge in [-0.25, -0.2) is 8.78 Å². The van der Waals surface area contributed by atoms with Crippen LogP contribution in [0.5, 0.6) is 0 Å². The van der Waals surface area contributed by atoms with Crippen LogP contribution in [0.15, 0.2) is 11.6 Å². The second-order valence-electron chi connectivity index (χ2n) is 3.58. The zero-order valence-electron chi connectivity index (χ0n) is 8.26. The van der Waals surface area contributed by atoms with E-state index >= 15 is 0 Å². The molecule has 14 heavy (non-hydrogen) atoms. The van der Waals surface area contributed by atoms with E-state index in [1.54, 1.807) is 0 Å². The van der Waals surface area contributed by atoms with Crippen LogP contribution in [0.1, 0.15) is 34.1 Å². The monoisotopic (exact) mass is 205 g/mol. The Morgan fingerprint density at radius 2 is 2.21 bits per heavy atom. The van der Waals surface area contributed by atoms with Gasteiger partial charge in [-0.3, -0.25) is 4.90 Å². The fourth-order valence-corrected chi connectivity index (χ4v) is 1.93. The van der Waals surface area contributed by atoms with Gasteiger partial charge in [0.2, 0.25) is 0 Å². The zero-order chi connectivity index (χ0) is 9.84. The molecule has 1 atom stereocenters. The summed E-state index contributed by atoms with van der Waals surface area (Å²) in [6, 6.07) is 0.263. The predicted octanol–water partition coefficient (Wildman–Crippen LogP) is 3.32. The molecule has 0 amide bonds. The highest BCUT2D eigenvalue weighted by atomic mass is 19.3. The van der Waals surface area contributed by atoms with Gasteiger partial charge in [0, 0.05) is 6.04 Å². The van der Waals surface area contributed by atoms with Crippen molar-refractivity contribution >= 4 is 0 Å². The Morgan fingerprint density at radius 3 is 2.71 bits per heavy atom. The molecule has 0 spiro atoms. The molecule has 1 nitrogen and oxygen atoms in total. The molecular formula is C11H21F2N. The summed E-state index contributed by atoms with van der Waals surface area (Å²) in [7, 11) is 0. The molecule has 0 aliphatic carbocycles. The average molecular weight is 205 g/mol. The van der Waals surface area contributed by atoms with Crippen molar-refractivity contribution in [2.24, 2.45) is 0 Å². The first-order valence-corrected chi connectivity index (χ1v) is 4.80. The molecule has 0 radical (unpaired) electrons. The van der Waals surface area contributed by atoms with Crippen molar-refractivity contribution in [2.45, 2.75) is 46.6 Å². The highest BCUT2D eigenvalue weighted by molar-refractivity contribution is 5.09. The summed E-state index contributed by atoms with van der Waals surface area (Å²) in [5.41, 5.74) is 1.22. The molecule has 1 aliphatic heterocycles. The van der Waals surface area contributed by atoms with Gasteiger partial charge in [-0.15, -0.1) is 0 Å². The SMILES string of the molecule is C.CC=C(C)[C@@H]1CCCN1CC(F)F. The van der Waals surface area contributed by atoms with Gasteiger partial charge in [-0.05, 0) is 33.2 Å². The molecule has 0 bridgehead atoms. The Labute approximate surface area is 85.8 Å². The van der Waals surface area contributed by atoms with E-state index < -0.39 is 6.43 Å². The molecule has 3 heteroatoms. The van der Waals surface area contributed by atoms with Gasteiger partial charge in [0.25, 0.3) is 6.43 Å². The number of hydrogen-bond acceptors (Lipinski definition) is 1. The van der Waals surface area contributed by atoms with E-state index in [1.807, 2.05) is 24.8 Å². The molecule has 0 N–H and O–H groups in total. The van der Waals surface area contributed by atoms with Crippen molar-refractivity contribution in [2.75, 3.05) is 13.1 Å². The Bertz CT molecular complexity index is 190. The molecule has 84 valence electrons. The van der Waals surface area contributed by atoms with E-state index in [4.69, 9.17) is 0 Å². The van der Waals surface area contributed by atoms with Crippen molar-refractivity contribution in [3.63, 3.8) is 0 Å². The smallest absolute Gasteiger partial charge is 0.251 e. The van der Waals surface area contributed by atoms with Crippen molar-refractivity contribution in [1.82, 2.24) is 4.90 Å². The number of hydrogen-bond donors (Lipinski definition) is 0. The summed E-state index contributed by atoms with van der Waals surface area (Å²) >= 11 is 0. The van der Waals surface area contributed by atoms with Crippen LogP contribution in [0, 0.1) is 0 Å². The van der Waals surface area contributed by atoms with E-state index in [0.717, 1.165) is 19.4 Å². The van der Waals surface area contributed by atoms with Gasteiger partial charge in [-0.1, -0.05) is 19.1 Å². The number of allylic oxidation sites excluding steroid dienone is 1. The maximum Gasteiger partial charge on any atom is 0.251 e. The van der Waals surface area contributed by atoms with Crippen LogP contribution in [-0.4, -0.2) is 30.5 Å². The fourth-order valence-electron chi connectivity index (χ4n) is 1.93. The third kappa shape index (κ3) is 3.37. The maximum atomic E-state index is 12.2. The molecule has 0 aromatic heterocycles. The maximum absolute atomic E-state index is 12.2. The topological polar surface area (TPSA) is 3.24 Å². The van der Waals surface area contributed by atoms with Gasteiger partial charge >= 0.3 is 0 Å². The summed E-state index contributed by atoms with van der Waals surface area (Å²) < 4.78 is 24.3. The molecule has 1 aliphatic rings. The van der Waals surface area contributed by atoms with Crippen LogP contribution in [-0.2, 0) is 0 Å². The second kappa shape index (κ2) is 6.12. The minimum Gasteiger partial charge on any atom is -0.291 e. The lowest BCUT2D eigenvalue weighted by Gasteiger charge is -2.24. The van der Waals surface area contributed by atoms with Crippen molar-refractivity contribution < 1.29 is 8.78 Å². The lowest BCUT2D eigenvalue weighted by molar-refractivity contribution is 0.0882. The predicted molar refractivity (Wildman–Crippen MR) is 56.8 cm³/mol. The molecule has 0 saturated carbocycles. The fraction of sp³-hybridized carbons (Fsp3) is 0.818. The Balaban J connectivity index is 0.00000169. The highest BCUT2D eigenvalue weighted by Crippen LogP contribution is 2.23. The Morgan fingerprint density at radius 1 is 1.57 bits per heavy atom. The van der Waals surface area contributed by atoms with Crippen LogP contribution >= 0.6 is 0 Å². The van der Waals surface area contributed by atoms with Crippen LogP contribution in [0.3, 0.4) is 0 Å². The van der Waals surface area contributed by atoms with E-state index in [9.17, 15) is 8.78 Å². The highest BCUT2D eigenvalue weighted by Gasteiger charge is 2.27. The molecule has 1 saturated heterocycles. The molecule has 0 unspecified atom stereocenters. The number of rotatable bonds is 3. The summed E-state index contributed by atoms with van der Waals surface area (Å²) in [6.45, 7) is 4.73. The van der Waals surface area contributed by atoms with Crippen molar-refractivity contribution in [3.8, 4) is 0 Å². The van der Waals surface area contributed by atoms with Gasteiger partial charge in [0.15, 0.2) is 0 Å². The molecule has 0 aromatic rings. The summed E-state index contributed by atoms with van der Waals surface area (Å²) in [6.07, 6.45) is 1.89.